The van der Waals surface area contributed by atoms with Gasteiger partial charge in [-0.25, -0.2) is 8.42 Å². The van der Waals surface area contributed by atoms with Gasteiger partial charge in [0.05, 0.1) is 24.7 Å². The molecule has 2 unspecified atom stereocenters. The first-order valence-electron chi connectivity index (χ1n) is 6.82. The maximum atomic E-state index is 11.6. The molecule has 106 valence electrons. The fraction of sp³-hybridized carbons (Fsp3) is 1.00. The molecule has 2 saturated heterocycles. The minimum absolute atomic E-state index is 0.139. The van der Waals surface area contributed by atoms with Gasteiger partial charge in [0.15, 0.2) is 9.84 Å². The monoisotopic (exact) mass is 276 g/mol. The van der Waals surface area contributed by atoms with Crippen molar-refractivity contribution >= 4 is 9.84 Å². The molecule has 0 aromatic heterocycles. The number of sulfone groups is 1. The van der Waals surface area contributed by atoms with Crippen LogP contribution in [-0.2, 0) is 14.6 Å². The third kappa shape index (κ3) is 4.50. The second-order valence-electron chi connectivity index (χ2n) is 5.43. The van der Waals surface area contributed by atoms with Crippen LogP contribution in [0.2, 0.25) is 0 Å². The fourth-order valence-electron chi connectivity index (χ4n) is 2.78. The molecule has 0 aromatic carbocycles. The van der Waals surface area contributed by atoms with Crippen LogP contribution in [0.5, 0.6) is 0 Å². The van der Waals surface area contributed by atoms with E-state index in [1.807, 2.05) is 0 Å². The van der Waals surface area contributed by atoms with Crippen LogP contribution in [0, 0.1) is 0 Å². The van der Waals surface area contributed by atoms with E-state index in [4.69, 9.17) is 4.74 Å². The van der Waals surface area contributed by atoms with Crippen LogP contribution < -0.4 is 5.32 Å². The first-order chi connectivity index (χ1) is 8.55. The molecule has 2 fully saturated rings. The van der Waals surface area contributed by atoms with E-state index in [0.717, 1.165) is 45.7 Å². The highest BCUT2D eigenvalue weighted by Crippen LogP contribution is 2.12. The van der Waals surface area contributed by atoms with Crippen molar-refractivity contribution in [3.63, 3.8) is 0 Å². The van der Waals surface area contributed by atoms with Gasteiger partial charge in [-0.05, 0) is 19.8 Å². The van der Waals surface area contributed by atoms with Gasteiger partial charge in [-0.1, -0.05) is 0 Å². The van der Waals surface area contributed by atoms with Gasteiger partial charge >= 0.3 is 0 Å². The smallest absolute Gasteiger partial charge is 0.151 e. The maximum Gasteiger partial charge on any atom is 0.151 e. The van der Waals surface area contributed by atoms with E-state index < -0.39 is 9.84 Å². The summed E-state index contributed by atoms with van der Waals surface area (Å²) in [6, 6.07) is 0.473. The van der Waals surface area contributed by atoms with Crippen molar-refractivity contribution in [1.82, 2.24) is 10.2 Å². The number of nitrogens with one attached hydrogen (secondary N) is 1. The molecule has 0 spiro atoms. The quantitative estimate of drug-likeness (QED) is 0.775. The summed E-state index contributed by atoms with van der Waals surface area (Å²) in [5.41, 5.74) is 0. The predicted octanol–water partition coefficient (Wildman–Crippen LogP) is -0.126. The molecular formula is C12H24N2O3S. The summed E-state index contributed by atoms with van der Waals surface area (Å²) in [5, 5.41) is 3.46. The molecule has 2 heterocycles. The van der Waals surface area contributed by atoms with Gasteiger partial charge in [-0.15, -0.1) is 0 Å². The van der Waals surface area contributed by atoms with Crippen molar-refractivity contribution in [3.05, 3.63) is 0 Å². The zero-order chi connectivity index (χ0) is 13.0. The molecule has 0 amide bonds. The molecule has 0 radical (unpaired) electrons. The van der Waals surface area contributed by atoms with Crippen molar-refractivity contribution in [1.29, 1.82) is 0 Å². The number of hydrogen-bond acceptors (Lipinski definition) is 5. The van der Waals surface area contributed by atoms with Crippen molar-refractivity contribution < 1.29 is 13.2 Å². The second kappa shape index (κ2) is 6.32. The Bertz CT molecular complexity index is 352. The highest BCUT2D eigenvalue weighted by Gasteiger charge is 2.26. The lowest BCUT2D eigenvalue weighted by Crippen LogP contribution is -2.50. The van der Waals surface area contributed by atoms with E-state index in [2.05, 4.69) is 17.1 Å². The Labute approximate surface area is 110 Å². The molecule has 0 aliphatic carbocycles. The highest BCUT2D eigenvalue weighted by atomic mass is 32.2. The van der Waals surface area contributed by atoms with Crippen molar-refractivity contribution in [2.75, 3.05) is 44.4 Å². The zero-order valence-corrected chi connectivity index (χ0v) is 11.9. The van der Waals surface area contributed by atoms with Crippen LogP contribution >= 0.6 is 0 Å². The largest absolute Gasteiger partial charge is 0.379 e. The number of ether oxygens (including phenoxy) is 1. The average Bonchev–Trinajstić information content (AvgIpc) is 2.28. The Hall–Kier alpha value is -0.170. The Morgan fingerprint density at radius 2 is 2.11 bits per heavy atom. The molecule has 6 heteroatoms. The SMILES string of the molecule is CC(CN1CCOCC1)NC1CCCS(=O)(=O)C1. The average molecular weight is 276 g/mol. The Morgan fingerprint density at radius 3 is 2.78 bits per heavy atom. The summed E-state index contributed by atoms with van der Waals surface area (Å²) < 4.78 is 28.4. The van der Waals surface area contributed by atoms with Crippen molar-refractivity contribution in [2.45, 2.75) is 31.8 Å². The van der Waals surface area contributed by atoms with Crippen LogP contribution in [0.25, 0.3) is 0 Å². The minimum Gasteiger partial charge on any atom is -0.379 e. The molecule has 0 aromatic rings. The van der Waals surface area contributed by atoms with Gasteiger partial charge in [0.1, 0.15) is 0 Å². The van der Waals surface area contributed by atoms with Crippen LogP contribution in [0.1, 0.15) is 19.8 Å². The molecule has 18 heavy (non-hydrogen) atoms. The molecule has 2 aliphatic rings. The first-order valence-corrected chi connectivity index (χ1v) is 8.64. The molecule has 1 N–H and O–H groups in total. The third-order valence-corrected chi connectivity index (χ3v) is 5.44. The third-order valence-electron chi connectivity index (χ3n) is 3.62. The molecule has 2 aliphatic heterocycles. The summed E-state index contributed by atoms with van der Waals surface area (Å²) in [6.45, 7) is 6.69. The van der Waals surface area contributed by atoms with Crippen molar-refractivity contribution in [3.8, 4) is 0 Å². The van der Waals surface area contributed by atoms with E-state index in [0.29, 0.717) is 17.5 Å². The number of hydrogen-bond donors (Lipinski definition) is 1. The molecule has 2 rings (SSSR count). The van der Waals surface area contributed by atoms with Crippen LogP contribution in [0.15, 0.2) is 0 Å². The lowest BCUT2D eigenvalue weighted by atomic mass is 10.1. The van der Waals surface area contributed by atoms with Crippen molar-refractivity contribution in [2.24, 2.45) is 0 Å². The van der Waals surface area contributed by atoms with E-state index in [1.54, 1.807) is 0 Å². The van der Waals surface area contributed by atoms with E-state index in [-0.39, 0.29) is 6.04 Å². The van der Waals surface area contributed by atoms with Gasteiger partial charge in [-0.2, -0.15) is 0 Å². The van der Waals surface area contributed by atoms with Gasteiger partial charge in [-0.3, -0.25) is 4.90 Å². The summed E-state index contributed by atoms with van der Waals surface area (Å²) >= 11 is 0. The molecular weight excluding hydrogens is 252 g/mol. The zero-order valence-electron chi connectivity index (χ0n) is 11.1. The molecule has 2 atom stereocenters. The topological polar surface area (TPSA) is 58.6 Å². The van der Waals surface area contributed by atoms with Gasteiger partial charge in [0.25, 0.3) is 0 Å². The molecule has 5 nitrogen and oxygen atoms in total. The number of nitrogens with zero attached hydrogens (tertiary/aromatic N) is 1. The van der Waals surface area contributed by atoms with Crippen LogP contribution in [0.3, 0.4) is 0 Å². The summed E-state index contributed by atoms with van der Waals surface area (Å²) in [5.74, 6) is 0.670. The van der Waals surface area contributed by atoms with Gasteiger partial charge in [0, 0.05) is 31.7 Å². The van der Waals surface area contributed by atoms with E-state index in [1.165, 1.54) is 0 Å². The van der Waals surface area contributed by atoms with E-state index >= 15 is 0 Å². The van der Waals surface area contributed by atoms with Crippen LogP contribution in [0.4, 0.5) is 0 Å². The summed E-state index contributed by atoms with van der Waals surface area (Å²) in [7, 11) is -2.81. The fourth-order valence-corrected chi connectivity index (χ4v) is 4.43. The highest BCUT2D eigenvalue weighted by molar-refractivity contribution is 7.91. The Balaban J connectivity index is 1.74. The second-order valence-corrected chi connectivity index (χ2v) is 7.66. The summed E-state index contributed by atoms with van der Waals surface area (Å²) in [4.78, 5) is 2.37. The standard InChI is InChI=1S/C12H24N2O3S/c1-11(9-14-4-6-17-7-5-14)13-12-3-2-8-18(15,16)10-12/h11-13H,2-10H2,1H3. The van der Waals surface area contributed by atoms with Gasteiger partial charge in [0.2, 0.25) is 0 Å². The lowest BCUT2D eigenvalue weighted by molar-refractivity contribution is 0.0339. The normalized spacial score (nSPS) is 31.1. The number of rotatable bonds is 4. The van der Waals surface area contributed by atoms with Gasteiger partial charge < -0.3 is 10.1 Å². The number of morpholine rings is 1. The predicted molar refractivity (Wildman–Crippen MR) is 71.5 cm³/mol. The first kappa shape index (κ1) is 14.2. The van der Waals surface area contributed by atoms with E-state index in [9.17, 15) is 8.42 Å². The Morgan fingerprint density at radius 1 is 1.39 bits per heavy atom. The maximum absolute atomic E-state index is 11.6. The minimum atomic E-state index is -2.81. The lowest BCUT2D eigenvalue weighted by Gasteiger charge is -2.32. The molecule has 0 bridgehead atoms. The van der Waals surface area contributed by atoms with Crippen LogP contribution in [-0.4, -0.2) is 69.8 Å². The Kier molecular flexibility index (Phi) is 5.00. The molecule has 0 saturated carbocycles. The summed E-state index contributed by atoms with van der Waals surface area (Å²) in [6.07, 6.45) is 1.77.